The Bertz CT molecular complexity index is 2080. The van der Waals surface area contributed by atoms with Crippen molar-refractivity contribution in [3.63, 3.8) is 0 Å². The fourth-order valence-electron chi connectivity index (χ4n) is 6.68. The molecule has 9 heteroatoms. The summed E-state index contributed by atoms with van der Waals surface area (Å²) < 4.78 is 26.5. The third-order valence-electron chi connectivity index (χ3n) is 9.11. The van der Waals surface area contributed by atoms with Crippen molar-refractivity contribution in [3.8, 4) is 34.4 Å². The third kappa shape index (κ3) is 6.89. The van der Waals surface area contributed by atoms with Crippen LogP contribution in [-0.4, -0.2) is 49.7 Å². The zero-order valence-electron chi connectivity index (χ0n) is 29.8. The normalized spacial score (nSPS) is 11.3. The van der Waals surface area contributed by atoms with Crippen molar-refractivity contribution in [2.45, 2.75) is 39.5 Å². The number of carbonyl (C=O) groups excluding carboxylic acids is 2. The van der Waals surface area contributed by atoms with Gasteiger partial charge < -0.3 is 38.2 Å². The van der Waals surface area contributed by atoms with Gasteiger partial charge in [-0.25, -0.2) is 0 Å². The topological polar surface area (TPSA) is 96.2 Å². The van der Waals surface area contributed by atoms with E-state index in [-0.39, 0.29) is 17.3 Å². The summed E-state index contributed by atoms with van der Waals surface area (Å²) in [4.78, 5) is 23.8. The predicted octanol–water partition coefficient (Wildman–Crippen LogP) is 7.33. The van der Waals surface area contributed by atoms with Gasteiger partial charge in [0.25, 0.3) is 0 Å². The maximum atomic E-state index is 12.6. The number of carbonyl (C=O) groups is 2. The van der Waals surface area contributed by atoms with Crippen LogP contribution in [0.25, 0.3) is 27.5 Å². The molecule has 0 unspecified atom stereocenters. The molecular weight excluding hydrogens is 661 g/mol. The molecule has 1 aromatic heterocycles. The van der Waals surface area contributed by atoms with Crippen molar-refractivity contribution >= 4 is 57.2 Å². The lowest BCUT2D eigenvalue weighted by Gasteiger charge is -2.28. The number of ether oxygens (including phenoxy) is 4. The highest BCUT2D eigenvalue weighted by Gasteiger charge is 2.34. The maximum Gasteiger partial charge on any atom is 0.147 e. The number of ketones is 2. The Kier molecular flexibility index (Phi) is 10.6. The van der Waals surface area contributed by atoms with Gasteiger partial charge in [-0.05, 0) is 86.3 Å². The number of methoxy groups -OCH3 is 4. The summed E-state index contributed by atoms with van der Waals surface area (Å²) in [6.07, 6.45) is 1.80. The number of aromatic nitrogens is 1. The number of benzene rings is 5. The second-order valence-electron chi connectivity index (χ2n) is 12.5. The quantitative estimate of drug-likeness (QED) is 0.119. The van der Waals surface area contributed by atoms with Crippen molar-refractivity contribution in [1.82, 2.24) is 4.57 Å². The molecule has 1 heterocycles. The molecule has 0 aliphatic heterocycles. The smallest absolute Gasteiger partial charge is 0.147 e. The van der Waals surface area contributed by atoms with E-state index in [9.17, 15) is 14.7 Å². The summed E-state index contributed by atoms with van der Waals surface area (Å²) in [7, 11) is 4.70. The number of aromatic hydroxyl groups is 1. The molecule has 0 bridgehead atoms. The van der Waals surface area contributed by atoms with Gasteiger partial charge in [-0.3, -0.25) is 0 Å². The van der Waals surface area contributed by atoms with Crippen LogP contribution < -0.4 is 34.9 Å². The molecule has 0 aliphatic carbocycles. The largest absolute Gasteiger partial charge is 0.505 e. The van der Waals surface area contributed by atoms with Crippen molar-refractivity contribution in [3.05, 3.63) is 102 Å². The van der Waals surface area contributed by atoms with Gasteiger partial charge in [0.1, 0.15) is 40.3 Å². The van der Waals surface area contributed by atoms with Crippen molar-refractivity contribution in [2.75, 3.05) is 28.4 Å². The van der Waals surface area contributed by atoms with Crippen LogP contribution in [-0.2, 0) is 22.4 Å². The summed E-state index contributed by atoms with van der Waals surface area (Å²) in [6, 6.07) is 29.9. The van der Waals surface area contributed by atoms with E-state index in [1.807, 2.05) is 66.7 Å². The van der Waals surface area contributed by atoms with Gasteiger partial charge in [0, 0.05) is 36.8 Å². The first kappa shape index (κ1) is 35.5. The Morgan fingerprint density at radius 1 is 0.608 bits per heavy atom. The average Bonchev–Trinajstić information content (AvgIpc) is 3.48. The van der Waals surface area contributed by atoms with Crippen LogP contribution in [0, 0.1) is 0 Å². The molecule has 6 aromatic rings. The Labute approximate surface area is 299 Å². The van der Waals surface area contributed by atoms with E-state index in [0.717, 1.165) is 32.9 Å². The van der Waals surface area contributed by atoms with Gasteiger partial charge in [0.2, 0.25) is 0 Å². The van der Waals surface area contributed by atoms with E-state index >= 15 is 0 Å². The number of rotatable bonds is 14. The minimum Gasteiger partial charge on any atom is -0.505 e. The molecular formula is C42H42NO7P. The summed E-state index contributed by atoms with van der Waals surface area (Å²) in [6.45, 7) is 3.15. The van der Waals surface area contributed by atoms with E-state index in [0.29, 0.717) is 70.3 Å². The molecule has 5 aromatic carbocycles. The van der Waals surface area contributed by atoms with E-state index in [4.69, 9.17) is 18.9 Å². The molecule has 0 aliphatic rings. The Morgan fingerprint density at radius 2 is 1.02 bits per heavy atom. The van der Waals surface area contributed by atoms with Crippen LogP contribution in [0.1, 0.15) is 37.8 Å². The van der Waals surface area contributed by atoms with Crippen molar-refractivity contribution < 1.29 is 33.6 Å². The van der Waals surface area contributed by atoms with Crippen LogP contribution in [0.3, 0.4) is 0 Å². The van der Waals surface area contributed by atoms with Crippen molar-refractivity contribution in [1.29, 1.82) is 0 Å². The fourth-order valence-corrected chi connectivity index (χ4v) is 9.45. The summed E-state index contributed by atoms with van der Waals surface area (Å²) in [5, 5.41) is 16.8. The third-order valence-corrected chi connectivity index (χ3v) is 11.7. The van der Waals surface area contributed by atoms with Crippen LogP contribution in [0.4, 0.5) is 0 Å². The Balaban J connectivity index is 1.68. The molecule has 8 nitrogen and oxygen atoms in total. The molecule has 0 saturated heterocycles. The summed E-state index contributed by atoms with van der Waals surface area (Å²) >= 11 is 0. The zero-order chi connectivity index (χ0) is 36.2. The highest BCUT2D eigenvalue weighted by atomic mass is 31.1. The lowest BCUT2D eigenvalue weighted by Crippen LogP contribution is -2.27. The first-order chi connectivity index (χ1) is 24.7. The highest BCUT2D eigenvalue weighted by molar-refractivity contribution is 7.80. The van der Waals surface area contributed by atoms with Crippen LogP contribution in [0.2, 0.25) is 0 Å². The number of phenols is 1. The number of nitrogens with zero attached hydrogens (tertiary/aromatic N) is 1. The van der Waals surface area contributed by atoms with Gasteiger partial charge in [-0.1, -0.05) is 42.5 Å². The predicted molar refractivity (Wildman–Crippen MR) is 205 cm³/mol. The lowest BCUT2D eigenvalue weighted by molar-refractivity contribution is -0.117. The number of fused-ring (bicyclic) bond motifs is 3. The molecule has 0 fully saturated rings. The summed E-state index contributed by atoms with van der Waals surface area (Å²) in [5.41, 5.74) is 4.32. The van der Waals surface area contributed by atoms with Gasteiger partial charge in [0.15, 0.2) is 0 Å². The molecule has 262 valence electrons. The zero-order valence-corrected chi connectivity index (χ0v) is 30.7. The van der Waals surface area contributed by atoms with Gasteiger partial charge in [-0.15, -0.1) is 0 Å². The summed E-state index contributed by atoms with van der Waals surface area (Å²) in [5.74, 6) is 2.45. The molecule has 0 atom stereocenters. The van der Waals surface area contributed by atoms with E-state index in [1.165, 1.54) is 0 Å². The number of aryl methyl sites for hydroxylation is 2. The first-order valence-corrected chi connectivity index (χ1v) is 18.1. The molecule has 0 amide bonds. The Morgan fingerprint density at radius 3 is 1.41 bits per heavy atom. The van der Waals surface area contributed by atoms with E-state index in [1.54, 1.807) is 42.3 Å². The number of hydrogen-bond acceptors (Lipinski definition) is 7. The van der Waals surface area contributed by atoms with Crippen LogP contribution >= 0.6 is 7.92 Å². The second-order valence-corrected chi connectivity index (χ2v) is 14.5. The Hall–Kier alpha value is -5.33. The lowest BCUT2D eigenvalue weighted by atomic mass is 10.1. The monoisotopic (exact) mass is 703 g/mol. The molecule has 1 N–H and O–H groups in total. The van der Waals surface area contributed by atoms with Gasteiger partial charge in [0.05, 0.1) is 55.8 Å². The van der Waals surface area contributed by atoms with E-state index < -0.39 is 7.92 Å². The standard InChI is InChI=1S/C42H42NO7P/c1-26(44)18-20-28-22-35(47-3)41(36(23-28)48-4)51(42-37(49-5)24-29(21-19-27(2)45)25-38(42)50-6)39-17-11-16-34(40(39)46)43-32-14-9-7-12-30(32)31-13-8-10-15-33(31)43/h7-17,22-25,46H,18-21H2,1-6H3. The van der Waals surface area contributed by atoms with Gasteiger partial charge >= 0.3 is 0 Å². The highest BCUT2D eigenvalue weighted by Crippen LogP contribution is 2.49. The molecule has 0 saturated carbocycles. The average molecular weight is 704 g/mol. The molecule has 6 rings (SSSR count). The van der Waals surface area contributed by atoms with Crippen LogP contribution in [0.5, 0.6) is 28.7 Å². The van der Waals surface area contributed by atoms with Crippen molar-refractivity contribution in [2.24, 2.45) is 0 Å². The SMILES string of the molecule is COc1cc(CCC(C)=O)cc(OC)c1P(c1cccc(-n2c3ccccc3c3ccccc32)c1O)c1c(OC)cc(CCC(C)=O)cc1OC. The van der Waals surface area contributed by atoms with E-state index in [2.05, 4.69) is 28.8 Å². The minimum absolute atomic E-state index is 0.0876. The fraction of sp³-hybridized carbons (Fsp3) is 0.238. The number of phenolic OH excluding ortho intramolecular Hbond substituents is 1. The minimum atomic E-state index is -1.72. The second kappa shape index (κ2) is 15.3. The number of hydrogen-bond donors (Lipinski definition) is 1. The molecule has 0 spiro atoms. The number of para-hydroxylation sites is 3. The number of Topliss-reactive ketones (excluding diaryl/α,β-unsaturated/α-hetero) is 2. The maximum absolute atomic E-state index is 12.6. The van der Waals surface area contributed by atoms with Crippen LogP contribution in [0.15, 0.2) is 91.0 Å². The molecule has 51 heavy (non-hydrogen) atoms. The first-order valence-electron chi connectivity index (χ1n) is 16.8. The molecule has 0 radical (unpaired) electrons. The van der Waals surface area contributed by atoms with Gasteiger partial charge in [-0.2, -0.15) is 0 Å².